The van der Waals surface area contributed by atoms with Gasteiger partial charge in [-0.1, -0.05) is 17.7 Å². The highest BCUT2D eigenvalue weighted by Gasteiger charge is 2.40. The molecule has 1 saturated heterocycles. The summed E-state index contributed by atoms with van der Waals surface area (Å²) < 4.78 is 44.4. The third-order valence-corrected chi connectivity index (χ3v) is 4.36. The SMILES string of the molecule is COC1(c2ccc(Cl)c(C(F)(F)F)c2)CCN(C(=O)O)CC1. The summed E-state index contributed by atoms with van der Waals surface area (Å²) in [6, 6.07) is 3.68. The molecule has 1 aliphatic rings. The normalized spacial score (nSPS) is 18.3. The second-order valence-corrected chi connectivity index (χ2v) is 5.57. The molecule has 8 heteroatoms. The van der Waals surface area contributed by atoms with Crippen LogP contribution >= 0.6 is 11.6 Å². The molecular formula is C14H15ClF3NO3. The van der Waals surface area contributed by atoms with Gasteiger partial charge in [0.25, 0.3) is 0 Å². The fourth-order valence-electron chi connectivity index (χ4n) is 2.70. The van der Waals surface area contributed by atoms with Crippen molar-refractivity contribution in [3.63, 3.8) is 0 Å². The van der Waals surface area contributed by atoms with E-state index in [9.17, 15) is 18.0 Å². The van der Waals surface area contributed by atoms with Crippen LogP contribution in [0.5, 0.6) is 0 Å². The summed E-state index contributed by atoms with van der Waals surface area (Å²) in [5.74, 6) is 0. The lowest BCUT2D eigenvalue weighted by molar-refractivity contribution is -0.137. The Morgan fingerprint density at radius 1 is 1.36 bits per heavy atom. The molecule has 1 N–H and O–H groups in total. The Morgan fingerprint density at radius 3 is 2.41 bits per heavy atom. The maximum atomic E-state index is 13.0. The lowest BCUT2D eigenvalue weighted by atomic mass is 9.83. The van der Waals surface area contributed by atoms with Crippen LogP contribution in [0.1, 0.15) is 24.0 Å². The van der Waals surface area contributed by atoms with Gasteiger partial charge < -0.3 is 14.7 Å². The van der Waals surface area contributed by atoms with Crippen LogP contribution in [0.4, 0.5) is 18.0 Å². The number of halogens is 4. The number of piperidine rings is 1. The van der Waals surface area contributed by atoms with Gasteiger partial charge in [-0.15, -0.1) is 0 Å². The Morgan fingerprint density at radius 2 is 1.95 bits per heavy atom. The van der Waals surface area contributed by atoms with Crippen LogP contribution in [0.2, 0.25) is 5.02 Å². The number of rotatable bonds is 2. The van der Waals surface area contributed by atoms with Gasteiger partial charge in [-0.2, -0.15) is 13.2 Å². The molecule has 0 bridgehead atoms. The quantitative estimate of drug-likeness (QED) is 0.888. The van der Waals surface area contributed by atoms with Crippen LogP contribution in [-0.2, 0) is 16.5 Å². The molecule has 1 aromatic carbocycles. The molecule has 22 heavy (non-hydrogen) atoms. The van der Waals surface area contributed by atoms with Gasteiger partial charge in [0, 0.05) is 20.2 Å². The molecule has 0 atom stereocenters. The zero-order chi connectivity index (χ0) is 16.5. The molecule has 122 valence electrons. The molecule has 1 fully saturated rings. The summed E-state index contributed by atoms with van der Waals surface area (Å²) in [6.07, 6.45) is -5.02. The molecular weight excluding hydrogens is 323 g/mol. The van der Waals surface area contributed by atoms with Crippen LogP contribution in [-0.4, -0.2) is 36.3 Å². The fraction of sp³-hybridized carbons (Fsp3) is 0.500. The number of hydrogen-bond acceptors (Lipinski definition) is 2. The third kappa shape index (κ3) is 3.15. The molecule has 0 aliphatic carbocycles. The average Bonchev–Trinajstić information content (AvgIpc) is 2.46. The first kappa shape index (κ1) is 16.9. The van der Waals surface area contributed by atoms with Gasteiger partial charge in [0.15, 0.2) is 0 Å². The minimum absolute atomic E-state index is 0.202. The number of amides is 1. The van der Waals surface area contributed by atoms with Crippen molar-refractivity contribution in [3.8, 4) is 0 Å². The maximum Gasteiger partial charge on any atom is 0.417 e. The fourth-order valence-corrected chi connectivity index (χ4v) is 2.92. The predicted molar refractivity (Wildman–Crippen MR) is 74.0 cm³/mol. The Balaban J connectivity index is 2.35. The summed E-state index contributed by atoms with van der Waals surface area (Å²) in [4.78, 5) is 12.2. The van der Waals surface area contributed by atoms with Crippen LogP contribution in [0.25, 0.3) is 0 Å². The number of carboxylic acid groups (broad SMARTS) is 1. The van der Waals surface area contributed by atoms with Crippen molar-refractivity contribution in [2.24, 2.45) is 0 Å². The average molecular weight is 338 g/mol. The van der Waals surface area contributed by atoms with Crippen LogP contribution < -0.4 is 0 Å². The number of carbonyl (C=O) groups is 1. The van der Waals surface area contributed by atoms with E-state index in [1.165, 1.54) is 24.1 Å². The van der Waals surface area contributed by atoms with Gasteiger partial charge in [-0.3, -0.25) is 0 Å². The summed E-state index contributed by atoms with van der Waals surface area (Å²) >= 11 is 5.63. The van der Waals surface area contributed by atoms with Gasteiger partial charge in [-0.25, -0.2) is 4.79 Å². The van der Waals surface area contributed by atoms with Crippen molar-refractivity contribution in [2.45, 2.75) is 24.6 Å². The molecule has 1 heterocycles. The molecule has 2 rings (SSSR count). The zero-order valence-electron chi connectivity index (χ0n) is 11.8. The van der Waals surface area contributed by atoms with Crippen molar-refractivity contribution in [3.05, 3.63) is 34.3 Å². The zero-order valence-corrected chi connectivity index (χ0v) is 12.5. The molecule has 0 spiro atoms. The monoisotopic (exact) mass is 337 g/mol. The molecule has 0 radical (unpaired) electrons. The molecule has 0 unspecified atom stereocenters. The molecule has 4 nitrogen and oxygen atoms in total. The summed E-state index contributed by atoms with van der Waals surface area (Å²) in [7, 11) is 1.41. The van der Waals surface area contributed by atoms with Gasteiger partial charge in [0.1, 0.15) is 0 Å². The second kappa shape index (κ2) is 5.96. The van der Waals surface area contributed by atoms with E-state index < -0.39 is 23.4 Å². The number of hydrogen-bond donors (Lipinski definition) is 1. The van der Waals surface area contributed by atoms with Crippen molar-refractivity contribution in [1.29, 1.82) is 0 Å². The smallest absolute Gasteiger partial charge is 0.417 e. The van der Waals surface area contributed by atoms with Gasteiger partial charge in [-0.05, 0) is 30.5 Å². The van der Waals surface area contributed by atoms with E-state index in [4.69, 9.17) is 21.4 Å². The van der Waals surface area contributed by atoms with E-state index in [2.05, 4.69) is 0 Å². The van der Waals surface area contributed by atoms with Crippen LogP contribution in [0.3, 0.4) is 0 Å². The van der Waals surface area contributed by atoms with E-state index in [1.54, 1.807) is 0 Å². The molecule has 1 aromatic rings. The molecule has 1 amide bonds. The Bertz CT molecular complexity index is 569. The minimum atomic E-state index is -4.55. The number of nitrogens with zero attached hydrogens (tertiary/aromatic N) is 1. The van der Waals surface area contributed by atoms with E-state index >= 15 is 0 Å². The van der Waals surface area contributed by atoms with E-state index in [0.717, 1.165) is 6.07 Å². The molecule has 0 aromatic heterocycles. The van der Waals surface area contributed by atoms with Crippen molar-refractivity contribution >= 4 is 17.7 Å². The van der Waals surface area contributed by atoms with E-state index in [0.29, 0.717) is 5.56 Å². The lowest BCUT2D eigenvalue weighted by Gasteiger charge is -2.40. The number of ether oxygens (including phenoxy) is 1. The molecule has 0 saturated carbocycles. The first-order valence-corrected chi connectivity index (χ1v) is 6.98. The Hall–Kier alpha value is -1.47. The summed E-state index contributed by atoms with van der Waals surface area (Å²) in [5.41, 5.74) is -1.49. The predicted octanol–water partition coefficient (Wildman–Crippen LogP) is 3.97. The van der Waals surface area contributed by atoms with E-state index in [-0.39, 0.29) is 31.0 Å². The minimum Gasteiger partial charge on any atom is -0.465 e. The first-order valence-electron chi connectivity index (χ1n) is 6.60. The maximum absolute atomic E-state index is 13.0. The second-order valence-electron chi connectivity index (χ2n) is 5.16. The van der Waals surface area contributed by atoms with Gasteiger partial charge >= 0.3 is 12.3 Å². The highest BCUT2D eigenvalue weighted by Crippen LogP contribution is 2.41. The van der Waals surface area contributed by atoms with Crippen LogP contribution in [0, 0.1) is 0 Å². The largest absolute Gasteiger partial charge is 0.465 e. The van der Waals surface area contributed by atoms with Gasteiger partial charge in [0.05, 0.1) is 16.2 Å². The summed E-state index contributed by atoms with van der Waals surface area (Å²) in [6.45, 7) is 0.403. The van der Waals surface area contributed by atoms with Gasteiger partial charge in [0.2, 0.25) is 0 Å². The number of benzene rings is 1. The highest BCUT2D eigenvalue weighted by molar-refractivity contribution is 6.31. The summed E-state index contributed by atoms with van der Waals surface area (Å²) in [5, 5.41) is 8.59. The standard InChI is InChI=1S/C14H15ClF3NO3/c1-22-13(4-6-19(7-5-13)12(20)21)9-2-3-11(15)10(8-9)14(16,17)18/h2-3,8H,4-7H2,1H3,(H,20,21). The third-order valence-electron chi connectivity index (χ3n) is 4.03. The van der Waals surface area contributed by atoms with Crippen molar-refractivity contribution in [2.75, 3.05) is 20.2 Å². The Kier molecular flexibility index (Phi) is 4.58. The number of alkyl halides is 3. The number of likely N-dealkylation sites (tertiary alicyclic amines) is 1. The number of methoxy groups -OCH3 is 1. The lowest BCUT2D eigenvalue weighted by Crippen LogP contribution is -2.45. The molecule has 1 aliphatic heterocycles. The van der Waals surface area contributed by atoms with E-state index in [1.807, 2.05) is 0 Å². The first-order chi connectivity index (χ1) is 10.2. The topological polar surface area (TPSA) is 49.8 Å². The van der Waals surface area contributed by atoms with Crippen LogP contribution in [0.15, 0.2) is 18.2 Å². The van der Waals surface area contributed by atoms with Crippen molar-refractivity contribution < 1.29 is 27.8 Å². The van der Waals surface area contributed by atoms with Crippen molar-refractivity contribution in [1.82, 2.24) is 4.90 Å². The highest BCUT2D eigenvalue weighted by atomic mass is 35.5. The Labute approximate surface area is 130 Å².